The number of hydrogen-bond acceptors (Lipinski definition) is 7. The lowest BCUT2D eigenvalue weighted by Gasteiger charge is -2.17. The number of nitrogens with one attached hydrogen (secondary N) is 2. The SMILES string of the molecule is COc1ccccc1C(C)NC(=O)CSc1nc(N)c(C(=O)Nc2ccccc2)cc1C#N. The van der Waals surface area contributed by atoms with E-state index in [1.807, 2.05) is 43.3 Å². The molecule has 0 spiro atoms. The van der Waals surface area contributed by atoms with E-state index in [-0.39, 0.29) is 39.7 Å². The first-order valence-corrected chi connectivity index (χ1v) is 11.0. The van der Waals surface area contributed by atoms with Gasteiger partial charge in [0.2, 0.25) is 5.91 Å². The molecule has 2 aromatic carbocycles. The summed E-state index contributed by atoms with van der Waals surface area (Å²) in [4.78, 5) is 29.3. The van der Waals surface area contributed by atoms with Crippen LogP contribution in [-0.4, -0.2) is 29.7 Å². The fourth-order valence-electron chi connectivity index (χ4n) is 3.12. The summed E-state index contributed by atoms with van der Waals surface area (Å²) in [6.07, 6.45) is 0. The Hall–Kier alpha value is -4.03. The number of ether oxygens (including phenoxy) is 1. The maximum atomic E-state index is 12.6. The summed E-state index contributed by atoms with van der Waals surface area (Å²) in [7, 11) is 1.58. The first-order valence-electron chi connectivity index (χ1n) is 10.0. The van der Waals surface area contributed by atoms with Crippen LogP contribution in [0.25, 0.3) is 0 Å². The molecule has 33 heavy (non-hydrogen) atoms. The molecule has 1 atom stereocenters. The van der Waals surface area contributed by atoms with Crippen LogP contribution in [0.2, 0.25) is 0 Å². The van der Waals surface area contributed by atoms with Crippen LogP contribution < -0.4 is 21.1 Å². The number of nitrogens with two attached hydrogens (primary N) is 1. The predicted octanol–water partition coefficient (Wildman–Crippen LogP) is 3.77. The molecule has 0 bridgehead atoms. The Morgan fingerprint density at radius 3 is 2.58 bits per heavy atom. The first kappa shape index (κ1) is 23.6. The van der Waals surface area contributed by atoms with Crippen molar-refractivity contribution in [1.29, 1.82) is 5.26 Å². The highest BCUT2D eigenvalue weighted by Crippen LogP contribution is 2.26. The van der Waals surface area contributed by atoms with Crippen molar-refractivity contribution in [2.45, 2.75) is 18.0 Å². The van der Waals surface area contributed by atoms with Crippen LogP contribution in [0.15, 0.2) is 65.7 Å². The van der Waals surface area contributed by atoms with Gasteiger partial charge in [-0.1, -0.05) is 48.2 Å². The third-order valence-corrected chi connectivity index (χ3v) is 5.73. The van der Waals surface area contributed by atoms with Gasteiger partial charge in [0, 0.05) is 11.3 Å². The molecule has 9 heteroatoms. The van der Waals surface area contributed by atoms with E-state index in [4.69, 9.17) is 10.5 Å². The lowest BCUT2D eigenvalue weighted by Crippen LogP contribution is -2.28. The van der Waals surface area contributed by atoms with Gasteiger partial charge in [0.05, 0.1) is 30.0 Å². The molecule has 0 saturated carbocycles. The average Bonchev–Trinajstić information content (AvgIpc) is 2.83. The van der Waals surface area contributed by atoms with Crippen molar-refractivity contribution in [3.8, 4) is 11.8 Å². The monoisotopic (exact) mass is 461 g/mol. The molecule has 2 amide bonds. The van der Waals surface area contributed by atoms with Crippen molar-refractivity contribution in [3.63, 3.8) is 0 Å². The Morgan fingerprint density at radius 2 is 1.88 bits per heavy atom. The third kappa shape index (κ3) is 6.02. The maximum Gasteiger partial charge on any atom is 0.259 e. The van der Waals surface area contributed by atoms with Gasteiger partial charge in [-0.15, -0.1) is 0 Å². The Kier molecular flexibility index (Phi) is 7.89. The average molecular weight is 462 g/mol. The van der Waals surface area contributed by atoms with Gasteiger partial charge >= 0.3 is 0 Å². The molecule has 3 rings (SSSR count). The summed E-state index contributed by atoms with van der Waals surface area (Å²) in [6.45, 7) is 1.86. The Balaban J connectivity index is 1.67. The lowest BCUT2D eigenvalue weighted by molar-refractivity contribution is -0.119. The summed E-state index contributed by atoms with van der Waals surface area (Å²) in [5.74, 6) is -0.0247. The summed E-state index contributed by atoms with van der Waals surface area (Å²) in [5.41, 5.74) is 7.69. The molecule has 1 aromatic heterocycles. The van der Waals surface area contributed by atoms with E-state index in [1.54, 1.807) is 31.4 Å². The molecule has 168 valence electrons. The van der Waals surface area contributed by atoms with Crippen molar-refractivity contribution >= 4 is 35.1 Å². The normalized spacial score (nSPS) is 11.2. The van der Waals surface area contributed by atoms with Gasteiger partial charge in [-0.25, -0.2) is 4.98 Å². The minimum atomic E-state index is -0.470. The Labute approximate surface area is 196 Å². The van der Waals surface area contributed by atoms with E-state index in [1.165, 1.54) is 6.07 Å². The molecule has 0 aliphatic heterocycles. The zero-order valence-corrected chi connectivity index (χ0v) is 19.0. The number of pyridine rings is 1. The molecule has 0 radical (unpaired) electrons. The van der Waals surface area contributed by atoms with E-state index in [2.05, 4.69) is 15.6 Å². The number of anilines is 2. The number of nitrogens with zero attached hydrogens (tertiary/aromatic N) is 2. The highest BCUT2D eigenvalue weighted by molar-refractivity contribution is 8.00. The number of para-hydroxylation sites is 2. The van der Waals surface area contributed by atoms with Crippen LogP contribution >= 0.6 is 11.8 Å². The van der Waals surface area contributed by atoms with Crippen LogP contribution in [0.1, 0.15) is 34.5 Å². The van der Waals surface area contributed by atoms with Crippen LogP contribution in [0, 0.1) is 11.3 Å². The number of aromatic nitrogens is 1. The number of thioether (sulfide) groups is 1. The standard InChI is InChI=1S/C24H23N5O3S/c1-15(18-10-6-7-11-20(18)32-2)27-21(30)14-33-24-16(13-25)12-19(22(26)29-24)23(31)28-17-8-4-3-5-9-17/h3-12,15H,14H2,1-2H3,(H2,26,29)(H,27,30)(H,28,31). The first-order chi connectivity index (χ1) is 15.9. The summed E-state index contributed by atoms with van der Waals surface area (Å²) in [5, 5.41) is 15.4. The predicted molar refractivity (Wildman–Crippen MR) is 128 cm³/mol. The number of nitriles is 1. The smallest absolute Gasteiger partial charge is 0.259 e. The second-order valence-electron chi connectivity index (χ2n) is 7.03. The molecule has 8 nitrogen and oxygen atoms in total. The number of methoxy groups -OCH3 is 1. The van der Waals surface area contributed by atoms with E-state index in [0.29, 0.717) is 11.4 Å². The van der Waals surface area contributed by atoms with E-state index >= 15 is 0 Å². The van der Waals surface area contributed by atoms with Gasteiger partial charge in [-0.3, -0.25) is 9.59 Å². The van der Waals surface area contributed by atoms with E-state index in [0.717, 1.165) is 17.3 Å². The zero-order valence-electron chi connectivity index (χ0n) is 18.2. The molecule has 3 aromatic rings. The zero-order chi connectivity index (χ0) is 23.8. The fourth-order valence-corrected chi connectivity index (χ4v) is 3.89. The van der Waals surface area contributed by atoms with Crippen molar-refractivity contribution in [2.75, 3.05) is 23.9 Å². The summed E-state index contributed by atoms with van der Waals surface area (Å²) in [6, 6.07) is 19.5. The van der Waals surface area contributed by atoms with Crippen molar-refractivity contribution < 1.29 is 14.3 Å². The molecule has 0 fully saturated rings. The molecule has 0 aliphatic rings. The highest BCUT2D eigenvalue weighted by Gasteiger charge is 2.18. The topological polar surface area (TPSA) is 130 Å². The second-order valence-corrected chi connectivity index (χ2v) is 7.99. The molecular weight excluding hydrogens is 438 g/mol. The third-order valence-electron chi connectivity index (χ3n) is 4.74. The number of benzene rings is 2. The molecule has 0 aliphatic carbocycles. The van der Waals surface area contributed by atoms with E-state index < -0.39 is 5.91 Å². The Bertz CT molecular complexity index is 1190. The van der Waals surface area contributed by atoms with Gasteiger partial charge in [0.1, 0.15) is 22.7 Å². The lowest BCUT2D eigenvalue weighted by atomic mass is 10.1. The minimum absolute atomic E-state index is 0.0206. The number of nitrogen functional groups attached to an aromatic ring is 1. The number of rotatable bonds is 8. The van der Waals surface area contributed by atoms with Gasteiger partial charge in [-0.05, 0) is 31.2 Å². The molecule has 4 N–H and O–H groups in total. The van der Waals surface area contributed by atoms with Crippen LogP contribution in [-0.2, 0) is 4.79 Å². The van der Waals surface area contributed by atoms with Crippen LogP contribution in [0.3, 0.4) is 0 Å². The quantitative estimate of drug-likeness (QED) is 0.435. The van der Waals surface area contributed by atoms with Gasteiger partial charge < -0.3 is 21.1 Å². The molecule has 0 saturated heterocycles. The van der Waals surface area contributed by atoms with Crippen molar-refractivity contribution in [1.82, 2.24) is 10.3 Å². The van der Waals surface area contributed by atoms with Crippen LogP contribution in [0.5, 0.6) is 5.75 Å². The van der Waals surface area contributed by atoms with Gasteiger partial charge in [-0.2, -0.15) is 5.26 Å². The number of carbonyl (C=O) groups is 2. The number of amides is 2. The summed E-state index contributed by atoms with van der Waals surface area (Å²) < 4.78 is 5.34. The second kappa shape index (κ2) is 11.0. The molecule has 1 heterocycles. The Morgan fingerprint density at radius 1 is 1.18 bits per heavy atom. The number of hydrogen-bond donors (Lipinski definition) is 3. The van der Waals surface area contributed by atoms with E-state index in [9.17, 15) is 14.9 Å². The largest absolute Gasteiger partial charge is 0.496 e. The van der Waals surface area contributed by atoms with Gasteiger partial charge in [0.25, 0.3) is 5.91 Å². The number of carbonyl (C=O) groups excluding carboxylic acids is 2. The van der Waals surface area contributed by atoms with Gasteiger partial charge in [0.15, 0.2) is 0 Å². The molecule has 1 unspecified atom stereocenters. The minimum Gasteiger partial charge on any atom is -0.496 e. The fraction of sp³-hybridized carbons (Fsp3) is 0.167. The summed E-state index contributed by atoms with van der Waals surface area (Å²) >= 11 is 1.08. The molecular formula is C24H23N5O3S. The maximum absolute atomic E-state index is 12.6. The highest BCUT2D eigenvalue weighted by atomic mass is 32.2. The van der Waals surface area contributed by atoms with Crippen molar-refractivity contribution in [2.24, 2.45) is 0 Å². The van der Waals surface area contributed by atoms with Crippen LogP contribution in [0.4, 0.5) is 11.5 Å². The van der Waals surface area contributed by atoms with Crippen molar-refractivity contribution in [3.05, 3.63) is 77.4 Å².